The van der Waals surface area contributed by atoms with Crippen LogP contribution in [0.1, 0.15) is 19.5 Å². The van der Waals surface area contributed by atoms with Crippen LogP contribution in [0.5, 0.6) is 0 Å². The highest BCUT2D eigenvalue weighted by Crippen LogP contribution is 2.15. The fraction of sp³-hybridized carbons (Fsp3) is 0.444. The number of hydrogen-bond donors (Lipinski definition) is 2. The molecule has 0 unspecified atom stereocenters. The second kappa shape index (κ2) is 4.59. The van der Waals surface area contributed by atoms with Crippen LogP contribution in [0.25, 0.3) is 0 Å². The molecular weight excluding hydrogens is 194 g/mol. The van der Waals surface area contributed by atoms with Crippen LogP contribution in [0, 0.1) is 0 Å². The van der Waals surface area contributed by atoms with E-state index in [1.165, 1.54) is 6.20 Å². The van der Waals surface area contributed by atoms with Crippen molar-refractivity contribution in [2.45, 2.75) is 19.9 Å². The lowest BCUT2D eigenvalue weighted by molar-refractivity contribution is 0.318. The van der Waals surface area contributed by atoms with Gasteiger partial charge in [0.1, 0.15) is 0 Å². The molecule has 0 amide bonds. The van der Waals surface area contributed by atoms with Gasteiger partial charge in [0.25, 0.3) is 0 Å². The van der Waals surface area contributed by atoms with E-state index in [1.54, 1.807) is 6.20 Å². The van der Waals surface area contributed by atoms with Crippen LogP contribution in [0.15, 0.2) is 17.5 Å². The first kappa shape index (κ1) is 11.2. The Bertz CT molecular complexity index is 363. The molecule has 0 bridgehead atoms. The summed E-state index contributed by atoms with van der Waals surface area (Å²) in [6.07, 6.45) is 3.08. The number of oxime groups is 1. The van der Waals surface area contributed by atoms with Crippen molar-refractivity contribution >= 4 is 11.7 Å². The van der Waals surface area contributed by atoms with Gasteiger partial charge in [0.15, 0.2) is 17.3 Å². The molecule has 0 aliphatic rings. The number of nitrogens with zero attached hydrogens (tertiary/aromatic N) is 4. The van der Waals surface area contributed by atoms with Gasteiger partial charge in [-0.05, 0) is 13.8 Å². The number of aromatic nitrogens is 2. The van der Waals surface area contributed by atoms with Crippen molar-refractivity contribution in [3.63, 3.8) is 0 Å². The van der Waals surface area contributed by atoms with Crippen molar-refractivity contribution in [3.8, 4) is 0 Å². The lowest BCUT2D eigenvalue weighted by Crippen LogP contribution is -2.30. The zero-order chi connectivity index (χ0) is 11.4. The molecule has 15 heavy (non-hydrogen) atoms. The van der Waals surface area contributed by atoms with E-state index in [4.69, 9.17) is 10.9 Å². The van der Waals surface area contributed by atoms with Gasteiger partial charge < -0.3 is 15.8 Å². The smallest absolute Gasteiger partial charge is 0.192 e. The van der Waals surface area contributed by atoms with Gasteiger partial charge in [-0.1, -0.05) is 5.16 Å². The summed E-state index contributed by atoms with van der Waals surface area (Å²) in [6.45, 7) is 4.04. The lowest BCUT2D eigenvalue weighted by atomic mass is 10.3. The van der Waals surface area contributed by atoms with E-state index in [9.17, 15) is 0 Å². The zero-order valence-corrected chi connectivity index (χ0v) is 9.05. The largest absolute Gasteiger partial charge is 0.409 e. The quantitative estimate of drug-likeness (QED) is 0.326. The van der Waals surface area contributed by atoms with Crippen molar-refractivity contribution in [3.05, 3.63) is 18.1 Å². The van der Waals surface area contributed by atoms with E-state index in [1.807, 2.05) is 25.8 Å². The maximum atomic E-state index is 8.61. The Kier molecular flexibility index (Phi) is 3.43. The molecule has 1 rings (SSSR count). The number of hydrogen-bond acceptors (Lipinski definition) is 5. The van der Waals surface area contributed by atoms with Crippen molar-refractivity contribution in [1.29, 1.82) is 0 Å². The summed E-state index contributed by atoms with van der Waals surface area (Å²) in [5, 5.41) is 11.5. The molecule has 0 aliphatic heterocycles. The first-order chi connectivity index (χ1) is 7.07. The van der Waals surface area contributed by atoms with Crippen LogP contribution in [-0.2, 0) is 0 Å². The Morgan fingerprint density at radius 1 is 1.47 bits per heavy atom. The van der Waals surface area contributed by atoms with Gasteiger partial charge in [0.2, 0.25) is 0 Å². The molecule has 0 atom stereocenters. The molecular formula is C9H15N5O. The number of rotatable bonds is 3. The highest BCUT2D eigenvalue weighted by Gasteiger charge is 2.15. The van der Waals surface area contributed by atoms with E-state index >= 15 is 0 Å². The molecule has 0 aromatic carbocycles. The summed E-state index contributed by atoms with van der Waals surface area (Å²) in [6, 6.07) is 0.256. The third-order valence-corrected chi connectivity index (χ3v) is 2.14. The monoisotopic (exact) mass is 209 g/mol. The van der Waals surface area contributed by atoms with Gasteiger partial charge >= 0.3 is 0 Å². The Hall–Kier alpha value is -1.85. The molecule has 0 radical (unpaired) electrons. The van der Waals surface area contributed by atoms with Crippen molar-refractivity contribution in [2.75, 3.05) is 11.9 Å². The molecule has 0 spiro atoms. The van der Waals surface area contributed by atoms with Crippen LogP contribution < -0.4 is 10.6 Å². The summed E-state index contributed by atoms with van der Waals surface area (Å²) in [4.78, 5) is 10.1. The van der Waals surface area contributed by atoms with Crippen LogP contribution in [0.3, 0.4) is 0 Å². The van der Waals surface area contributed by atoms with Crippen LogP contribution >= 0.6 is 0 Å². The van der Waals surface area contributed by atoms with Gasteiger partial charge in [-0.3, -0.25) is 0 Å². The van der Waals surface area contributed by atoms with Gasteiger partial charge in [-0.2, -0.15) is 0 Å². The Morgan fingerprint density at radius 2 is 2.07 bits per heavy atom. The Morgan fingerprint density at radius 3 is 2.60 bits per heavy atom. The van der Waals surface area contributed by atoms with Gasteiger partial charge in [-0.25, -0.2) is 9.97 Å². The van der Waals surface area contributed by atoms with Crippen molar-refractivity contribution < 1.29 is 5.21 Å². The molecule has 3 N–H and O–H groups in total. The SMILES string of the molecule is CC(C)N(C)c1nccnc1C(N)=NO. The molecule has 1 aromatic heterocycles. The van der Waals surface area contributed by atoms with Crippen LogP contribution in [0.4, 0.5) is 5.82 Å². The van der Waals surface area contributed by atoms with E-state index in [0.29, 0.717) is 11.5 Å². The maximum absolute atomic E-state index is 8.61. The number of nitrogens with two attached hydrogens (primary N) is 1. The molecule has 82 valence electrons. The van der Waals surface area contributed by atoms with E-state index in [-0.39, 0.29) is 11.9 Å². The second-order valence-electron chi connectivity index (χ2n) is 3.42. The summed E-state index contributed by atoms with van der Waals surface area (Å²) >= 11 is 0. The minimum atomic E-state index is -0.0365. The van der Waals surface area contributed by atoms with Gasteiger partial charge in [0, 0.05) is 25.5 Å². The standard InChI is InChI=1S/C9H15N5O/c1-6(2)14(3)9-7(8(10)13-15)11-4-5-12-9/h4-6,15H,1-3H3,(H2,10,13). The van der Waals surface area contributed by atoms with Crippen LogP contribution in [-0.4, -0.2) is 34.1 Å². The van der Waals surface area contributed by atoms with Crippen molar-refractivity contribution in [1.82, 2.24) is 9.97 Å². The minimum absolute atomic E-state index is 0.0365. The first-order valence-corrected chi connectivity index (χ1v) is 4.59. The van der Waals surface area contributed by atoms with Gasteiger partial charge in [0.05, 0.1) is 0 Å². The minimum Gasteiger partial charge on any atom is -0.409 e. The fourth-order valence-electron chi connectivity index (χ4n) is 1.06. The number of amidine groups is 1. The number of anilines is 1. The van der Waals surface area contributed by atoms with Crippen LogP contribution in [0.2, 0.25) is 0 Å². The highest BCUT2D eigenvalue weighted by molar-refractivity contribution is 5.99. The third-order valence-electron chi connectivity index (χ3n) is 2.14. The van der Waals surface area contributed by atoms with Gasteiger partial charge in [-0.15, -0.1) is 0 Å². The maximum Gasteiger partial charge on any atom is 0.192 e. The van der Waals surface area contributed by atoms with E-state index in [2.05, 4.69) is 15.1 Å². The Labute approximate surface area is 88.4 Å². The van der Waals surface area contributed by atoms with E-state index < -0.39 is 0 Å². The molecule has 6 nitrogen and oxygen atoms in total. The molecule has 1 aromatic rings. The first-order valence-electron chi connectivity index (χ1n) is 4.59. The van der Waals surface area contributed by atoms with E-state index in [0.717, 1.165) is 0 Å². The molecule has 0 aliphatic carbocycles. The molecule has 1 heterocycles. The van der Waals surface area contributed by atoms with Crippen molar-refractivity contribution in [2.24, 2.45) is 10.9 Å². The predicted octanol–water partition coefficient (Wildman–Crippen LogP) is 0.416. The zero-order valence-electron chi connectivity index (χ0n) is 9.05. The molecule has 6 heteroatoms. The summed E-state index contributed by atoms with van der Waals surface area (Å²) in [7, 11) is 1.88. The lowest BCUT2D eigenvalue weighted by Gasteiger charge is -2.23. The summed E-state index contributed by atoms with van der Waals surface area (Å²) in [5.41, 5.74) is 5.89. The molecule has 0 saturated heterocycles. The second-order valence-corrected chi connectivity index (χ2v) is 3.42. The normalized spacial score (nSPS) is 11.9. The fourth-order valence-corrected chi connectivity index (χ4v) is 1.06. The molecule has 0 fully saturated rings. The average Bonchev–Trinajstić information content (AvgIpc) is 2.27. The predicted molar refractivity (Wildman–Crippen MR) is 58.1 cm³/mol. The summed E-state index contributed by atoms with van der Waals surface area (Å²) in [5.74, 6) is 0.563. The third kappa shape index (κ3) is 2.34. The topological polar surface area (TPSA) is 87.6 Å². The summed E-state index contributed by atoms with van der Waals surface area (Å²) < 4.78 is 0. The highest BCUT2D eigenvalue weighted by atomic mass is 16.4. The molecule has 0 saturated carbocycles. The average molecular weight is 209 g/mol. The Balaban J connectivity index is 3.18.